The second-order valence-electron chi connectivity index (χ2n) is 5.24. The Labute approximate surface area is 115 Å². The molecule has 0 aromatic carbocycles. The summed E-state index contributed by atoms with van der Waals surface area (Å²) in [5.74, 6) is 0.0288. The normalized spacial score (nSPS) is 16.3. The van der Waals surface area contributed by atoms with Crippen molar-refractivity contribution in [1.82, 2.24) is 9.88 Å². The van der Waals surface area contributed by atoms with Crippen LogP contribution in [-0.2, 0) is 0 Å². The van der Waals surface area contributed by atoms with Gasteiger partial charge in [0.05, 0.1) is 0 Å². The highest BCUT2D eigenvalue weighted by atomic mass is 16.2. The quantitative estimate of drug-likeness (QED) is 0.903. The first-order valence-electron chi connectivity index (χ1n) is 7.17. The molecule has 0 aliphatic heterocycles. The van der Waals surface area contributed by atoms with Gasteiger partial charge in [-0.1, -0.05) is 25.3 Å². The summed E-state index contributed by atoms with van der Waals surface area (Å²) >= 11 is 0. The number of carbonyl (C=O) groups excluding carboxylic acids is 1. The molecule has 0 unspecified atom stereocenters. The number of hydrogen-bond donors (Lipinski definition) is 1. The standard InChI is InChI=1S/C15H23N3O/c1-12-6-5-9-14(17-12)15(19)18(11-10-16)13-7-3-2-4-8-13/h5-6,9,13H,2-4,7-8,10-11,16H2,1H3. The summed E-state index contributed by atoms with van der Waals surface area (Å²) in [6.07, 6.45) is 5.89. The number of nitrogens with zero attached hydrogens (tertiary/aromatic N) is 2. The van der Waals surface area contributed by atoms with Gasteiger partial charge in [-0.05, 0) is 31.9 Å². The number of rotatable bonds is 4. The lowest BCUT2D eigenvalue weighted by Crippen LogP contribution is -2.44. The molecule has 1 aromatic heterocycles. The Morgan fingerprint density at radius 2 is 2.11 bits per heavy atom. The van der Waals surface area contributed by atoms with E-state index in [1.807, 2.05) is 24.0 Å². The summed E-state index contributed by atoms with van der Waals surface area (Å²) in [5.41, 5.74) is 7.09. The zero-order valence-electron chi connectivity index (χ0n) is 11.6. The van der Waals surface area contributed by atoms with E-state index in [2.05, 4.69) is 4.98 Å². The lowest BCUT2D eigenvalue weighted by atomic mass is 9.94. The van der Waals surface area contributed by atoms with Crippen LogP contribution in [0.3, 0.4) is 0 Å². The second-order valence-corrected chi connectivity index (χ2v) is 5.24. The first-order chi connectivity index (χ1) is 9.22. The van der Waals surface area contributed by atoms with E-state index in [9.17, 15) is 4.79 Å². The highest BCUT2D eigenvalue weighted by Crippen LogP contribution is 2.23. The van der Waals surface area contributed by atoms with Crippen LogP contribution in [0.25, 0.3) is 0 Å². The first-order valence-corrected chi connectivity index (χ1v) is 7.17. The fraction of sp³-hybridized carbons (Fsp3) is 0.600. The predicted molar refractivity (Wildman–Crippen MR) is 75.9 cm³/mol. The number of carbonyl (C=O) groups is 1. The van der Waals surface area contributed by atoms with Crippen LogP contribution in [-0.4, -0.2) is 34.9 Å². The number of hydrogen-bond acceptors (Lipinski definition) is 3. The summed E-state index contributed by atoms with van der Waals surface area (Å²) in [7, 11) is 0. The molecule has 2 N–H and O–H groups in total. The molecule has 1 aliphatic rings. The molecule has 0 saturated heterocycles. The topological polar surface area (TPSA) is 59.2 Å². The molecular weight excluding hydrogens is 238 g/mol. The van der Waals surface area contributed by atoms with E-state index in [-0.39, 0.29) is 5.91 Å². The van der Waals surface area contributed by atoms with Crippen molar-refractivity contribution < 1.29 is 4.79 Å². The monoisotopic (exact) mass is 261 g/mol. The molecule has 0 atom stereocenters. The van der Waals surface area contributed by atoms with Gasteiger partial charge in [0.1, 0.15) is 5.69 Å². The molecule has 1 saturated carbocycles. The first kappa shape index (κ1) is 14.0. The Balaban J connectivity index is 2.15. The summed E-state index contributed by atoms with van der Waals surface area (Å²) in [5, 5.41) is 0. The van der Waals surface area contributed by atoms with Crippen LogP contribution in [0.4, 0.5) is 0 Å². The fourth-order valence-corrected chi connectivity index (χ4v) is 2.79. The number of amides is 1. The highest BCUT2D eigenvalue weighted by molar-refractivity contribution is 5.92. The molecule has 104 valence electrons. The molecule has 1 heterocycles. The molecule has 2 rings (SSSR count). The predicted octanol–water partition coefficient (Wildman–Crippen LogP) is 2.12. The van der Waals surface area contributed by atoms with E-state index in [0.717, 1.165) is 18.5 Å². The van der Waals surface area contributed by atoms with Gasteiger partial charge in [-0.3, -0.25) is 4.79 Å². The van der Waals surface area contributed by atoms with E-state index in [4.69, 9.17) is 5.73 Å². The van der Waals surface area contributed by atoms with Crippen LogP contribution in [0, 0.1) is 6.92 Å². The lowest BCUT2D eigenvalue weighted by Gasteiger charge is -2.34. The van der Waals surface area contributed by atoms with Crippen LogP contribution in [0.5, 0.6) is 0 Å². The van der Waals surface area contributed by atoms with Gasteiger partial charge < -0.3 is 10.6 Å². The van der Waals surface area contributed by atoms with Gasteiger partial charge in [-0.15, -0.1) is 0 Å². The molecule has 1 aromatic rings. The zero-order valence-corrected chi connectivity index (χ0v) is 11.6. The fourth-order valence-electron chi connectivity index (χ4n) is 2.79. The molecule has 0 bridgehead atoms. The Hall–Kier alpha value is -1.42. The number of aryl methyl sites for hydroxylation is 1. The van der Waals surface area contributed by atoms with E-state index in [1.54, 1.807) is 6.07 Å². The van der Waals surface area contributed by atoms with Crippen molar-refractivity contribution in [3.8, 4) is 0 Å². The van der Waals surface area contributed by atoms with Crippen molar-refractivity contribution in [3.63, 3.8) is 0 Å². The maximum atomic E-state index is 12.6. The Kier molecular flexibility index (Phi) is 4.91. The van der Waals surface area contributed by atoms with Crippen LogP contribution in [0.2, 0.25) is 0 Å². The van der Waals surface area contributed by atoms with Gasteiger partial charge in [-0.2, -0.15) is 0 Å². The summed E-state index contributed by atoms with van der Waals surface area (Å²) < 4.78 is 0. The van der Waals surface area contributed by atoms with Crippen molar-refractivity contribution in [1.29, 1.82) is 0 Å². The van der Waals surface area contributed by atoms with Gasteiger partial charge >= 0.3 is 0 Å². The molecule has 1 aliphatic carbocycles. The second kappa shape index (κ2) is 6.66. The molecule has 1 fully saturated rings. The largest absolute Gasteiger partial charge is 0.333 e. The van der Waals surface area contributed by atoms with E-state index < -0.39 is 0 Å². The lowest BCUT2D eigenvalue weighted by molar-refractivity contribution is 0.0635. The van der Waals surface area contributed by atoms with Gasteiger partial charge in [0, 0.05) is 24.8 Å². The summed E-state index contributed by atoms with van der Waals surface area (Å²) in [6, 6.07) is 5.93. The minimum atomic E-state index is 0.0288. The van der Waals surface area contributed by atoms with Crippen molar-refractivity contribution in [2.75, 3.05) is 13.1 Å². The van der Waals surface area contributed by atoms with Crippen LogP contribution in [0.1, 0.15) is 48.3 Å². The van der Waals surface area contributed by atoms with Crippen molar-refractivity contribution in [2.45, 2.75) is 45.1 Å². The van der Waals surface area contributed by atoms with Gasteiger partial charge in [0.15, 0.2) is 0 Å². The van der Waals surface area contributed by atoms with E-state index >= 15 is 0 Å². The Morgan fingerprint density at radius 1 is 1.37 bits per heavy atom. The van der Waals surface area contributed by atoms with Gasteiger partial charge in [-0.25, -0.2) is 4.98 Å². The van der Waals surface area contributed by atoms with Crippen LogP contribution < -0.4 is 5.73 Å². The maximum absolute atomic E-state index is 12.6. The van der Waals surface area contributed by atoms with Crippen molar-refractivity contribution in [3.05, 3.63) is 29.6 Å². The van der Waals surface area contributed by atoms with Gasteiger partial charge in [0.2, 0.25) is 0 Å². The van der Waals surface area contributed by atoms with E-state index in [1.165, 1.54) is 19.3 Å². The van der Waals surface area contributed by atoms with Crippen LogP contribution in [0.15, 0.2) is 18.2 Å². The van der Waals surface area contributed by atoms with Gasteiger partial charge in [0.25, 0.3) is 5.91 Å². The van der Waals surface area contributed by atoms with Crippen molar-refractivity contribution >= 4 is 5.91 Å². The average Bonchev–Trinajstić information content (AvgIpc) is 2.45. The molecular formula is C15H23N3O. The SMILES string of the molecule is Cc1cccc(C(=O)N(CCN)C2CCCCC2)n1. The number of aromatic nitrogens is 1. The molecule has 0 radical (unpaired) electrons. The van der Waals surface area contributed by atoms with Crippen molar-refractivity contribution in [2.24, 2.45) is 5.73 Å². The maximum Gasteiger partial charge on any atom is 0.272 e. The molecule has 4 nitrogen and oxygen atoms in total. The Bertz CT molecular complexity index is 427. The zero-order chi connectivity index (χ0) is 13.7. The van der Waals surface area contributed by atoms with Crippen LogP contribution >= 0.6 is 0 Å². The average molecular weight is 261 g/mol. The number of pyridine rings is 1. The molecule has 0 spiro atoms. The molecule has 1 amide bonds. The molecule has 19 heavy (non-hydrogen) atoms. The third-order valence-electron chi connectivity index (χ3n) is 3.75. The molecule has 4 heteroatoms. The Morgan fingerprint density at radius 3 is 2.74 bits per heavy atom. The smallest absolute Gasteiger partial charge is 0.272 e. The van der Waals surface area contributed by atoms with E-state index in [0.29, 0.717) is 24.8 Å². The third-order valence-corrected chi connectivity index (χ3v) is 3.75. The highest BCUT2D eigenvalue weighted by Gasteiger charge is 2.26. The third kappa shape index (κ3) is 3.53. The minimum absolute atomic E-state index is 0.0288. The minimum Gasteiger partial charge on any atom is -0.333 e. The summed E-state index contributed by atoms with van der Waals surface area (Å²) in [4.78, 5) is 18.9. The number of nitrogens with two attached hydrogens (primary N) is 1. The summed E-state index contributed by atoms with van der Waals surface area (Å²) in [6.45, 7) is 3.04.